The van der Waals surface area contributed by atoms with E-state index in [0.717, 1.165) is 16.8 Å². The molecule has 0 aliphatic carbocycles. The number of carbonyl (C=O) groups is 2. The minimum Gasteiger partial charge on any atom is -0.321 e. The molecule has 2 amide bonds. The van der Waals surface area contributed by atoms with Gasteiger partial charge in [0.1, 0.15) is 11.6 Å². The standard InChI is InChI=1S/C25H24N4O2/c1-16-9-8-12-23(18(16)3)27-24(30)22(15-26)14-21-13-17(2)29(19(21)4)28-25(31)20-10-6-5-7-11-20/h5-14H,1-4H3,(H,27,30)(H,28,31)/b22-14-. The van der Waals surface area contributed by atoms with Gasteiger partial charge in [0.25, 0.3) is 11.8 Å². The van der Waals surface area contributed by atoms with Crippen LogP contribution in [-0.4, -0.2) is 16.5 Å². The molecule has 0 saturated heterocycles. The normalized spacial score (nSPS) is 11.0. The molecule has 0 unspecified atom stereocenters. The maximum absolute atomic E-state index is 12.7. The van der Waals surface area contributed by atoms with Crippen molar-refractivity contribution in [3.8, 4) is 6.07 Å². The summed E-state index contributed by atoms with van der Waals surface area (Å²) in [7, 11) is 0. The number of amides is 2. The highest BCUT2D eigenvalue weighted by molar-refractivity contribution is 6.10. The lowest BCUT2D eigenvalue weighted by atomic mass is 10.1. The number of aromatic nitrogens is 1. The summed E-state index contributed by atoms with van der Waals surface area (Å²) in [6.45, 7) is 7.55. The molecule has 6 heteroatoms. The van der Waals surface area contributed by atoms with E-state index < -0.39 is 5.91 Å². The van der Waals surface area contributed by atoms with E-state index >= 15 is 0 Å². The molecule has 31 heavy (non-hydrogen) atoms. The fourth-order valence-corrected chi connectivity index (χ4v) is 3.24. The van der Waals surface area contributed by atoms with Gasteiger partial charge < -0.3 is 5.32 Å². The molecule has 3 rings (SSSR count). The fraction of sp³-hybridized carbons (Fsp3) is 0.160. The van der Waals surface area contributed by atoms with Crippen molar-refractivity contribution in [1.29, 1.82) is 5.26 Å². The van der Waals surface area contributed by atoms with Crippen LogP contribution in [0.15, 0.2) is 60.2 Å². The average molecular weight is 412 g/mol. The Bertz CT molecular complexity index is 1210. The van der Waals surface area contributed by atoms with Crippen LogP contribution in [0.2, 0.25) is 0 Å². The van der Waals surface area contributed by atoms with Crippen molar-refractivity contribution < 1.29 is 9.59 Å². The largest absolute Gasteiger partial charge is 0.321 e. The molecule has 0 spiro atoms. The third-order valence-corrected chi connectivity index (χ3v) is 5.24. The van der Waals surface area contributed by atoms with Gasteiger partial charge in [0.15, 0.2) is 0 Å². The zero-order valence-electron chi connectivity index (χ0n) is 18.0. The van der Waals surface area contributed by atoms with Gasteiger partial charge in [0.05, 0.1) is 0 Å². The van der Waals surface area contributed by atoms with E-state index in [-0.39, 0.29) is 11.5 Å². The average Bonchev–Trinajstić information content (AvgIpc) is 3.03. The SMILES string of the molecule is Cc1cccc(NC(=O)/C(C#N)=C\c2cc(C)n(NC(=O)c3ccccc3)c2C)c1C. The first-order chi connectivity index (χ1) is 14.8. The smallest absolute Gasteiger partial charge is 0.270 e. The van der Waals surface area contributed by atoms with E-state index in [1.165, 1.54) is 6.08 Å². The van der Waals surface area contributed by atoms with Crippen molar-refractivity contribution in [1.82, 2.24) is 4.68 Å². The van der Waals surface area contributed by atoms with E-state index in [1.54, 1.807) is 35.0 Å². The van der Waals surface area contributed by atoms with Crippen LogP contribution in [0, 0.1) is 39.0 Å². The molecule has 0 bridgehead atoms. The predicted molar refractivity (Wildman–Crippen MR) is 122 cm³/mol. The van der Waals surface area contributed by atoms with Crippen LogP contribution in [0.5, 0.6) is 0 Å². The lowest BCUT2D eigenvalue weighted by Crippen LogP contribution is -2.24. The van der Waals surface area contributed by atoms with Gasteiger partial charge in [0.2, 0.25) is 0 Å². The van der Waals surface area contributed by atoms with Crippen molar-refractivity contribution in [2.45, 2.75) is 27.7 Å². The second-order valence-electron chi connectivity index (χ2n) is 7.34. The van der Waals surface area contributed by atoms with Gasteiger partial charge in [0, 0.05) is 22.6 Å². The third kappa shape index (κ3) is 4.73. The van der Waals surface area contributed by atoms with Gasteiger partial charge in [-0.15, -0.1) is 0 Å². The number of hydrogen-bond donors (Lipinski definition) is 2. The van der Waals surface area contributed by atoms with Crippen LogP contribution >= 0.6 is 0 Å². The van der Waals surface area contributed by atoms with Crippen molar-refractivity contribution in [2.24, 2.45) is 0 Å². The monoisotopic (exact) mass is 412 g/mol. The molecule has 0 fully saturated rings. The molecule has 6 nitrogen and oxygen atoms in total. The summed E-state index contributed by atoms with van der Waals surface area (Å²) in [5, 5.41) is 12.4. The summed E-state index contributed by atoms with van der Waals surface area (Å²) in [4.78, 5) is 25.2. The molecule has 1 heterocycles. The molecule has 0 saturated carbocycles. The summed E-state index contributed by atoms with van der Waals surface area (Å²) < 4.78 is 1.65. The summed E-state index contributed by atoms with van der Waals surface area (Å²) in [5.41, 5.74) is 8.23. The molecule has 0 aliphatic heterocycles. The number of carbonyl (C=O) groups excluding carboxylic acids is 2. The fourth-order valence-electron chi connectivity index (χ4n) is 3.24. The topological polar surface area (TPSA) is 86.9 Å². The lowest BCUT2D eigenvalue weighted by molar-refractivity contribution is -0.112. The highest BCUT2D eigenvalue weighted by Crippen LogP contribution is 2.21. The first-order valence-corrected chi connectivity index (χ1v) is 9.86. The predicted octanol–water partition coefficient (Wildman–Crippen LogP) is 4.65. The summed E-state index contributed by atoms with van der Waals surface area (Å²) in [5.74, 6) is -0.722. The van der Waals surface area contributed by atoms with Crippen LogP contribution in [0.4, 0.5) is 5.69 Å². The maximum atomic E-state index is 12.7. The summed E-state index contributed by atoms with van der Waals surface area (Å²) in [6, 6.07) is 18.3. The Morgan fingerprint density at radius 1 is 1.00 bits per heavy atom. The minimum absolute atomic E-state index is 0.0180. The first kappa shape index (κ1) is 21.6. The van der Waals surface area contributed by atoms with Gasteiger partial charge in [-0.25, -0.2) is 0 Å². The van der Waals surface area contributed by atoms with Crippen molar-refractivity contribution in [3.05, 3.63) is 93.8 Å². The van der Waals surface area contributed by atoms with E-state index in [2.05, 4.69) is 10.7 Å². The molecule has 1 aromatic heterocycles. The first-order valence-electron chi connectivity index (χ1n) is 9.86. The van der Waals surface area contributed by atoms with Gasteiger partial charge in [-0.2, -0.15) is 5.26 Å². The number of benzene rings is 2. The van der Waals surface area contributed by atoms with Gasteiger partial charge in [-0.05, 0) is 74.7 Å². The van der Waals surface area contributed by atoms with Crippen LogP contribution in [0.3, 0.4) is 0 Å². The zero-order chi connectivity index (χ0) is 22.5. The van der Waals surface area contributed by atoms with E-state index in [4.69, 9.17) is 0 Å². The Morgan fingerprint density at radius 2 is 1.71 bits per heavy atom. The van der Waals surface area contributed by atoms with Crippen molar-refractivity contribution in [3.63, 3.8) is 0 Å². The van der Waals surface area contributed by atoms with Gasteiger partial charge >= 0.3 is 0 Å². The number of aryl methyl sites for hydroxylation is 2. The van der Waals surface area contributed by atoms with Crippen molar-refractivity contribution in [2.75, 3.05) is 10.7 Å². The second kappa shape index (κ2) is 9.14. The Labute approximate surface area is 181 Å². The van der Waals surface area contributed by atoms with E-state index in [9.17, 15) is 14.9 Å². The van der Waals surface area contributed by atoms with Crippen LogP contribution < -0.4 is 10.7 Å². The Kier molecular flexibility index (Phi) is 6.37. The van der Waals surface area contributed by atoms with E-state index in [0.29, 0.717) is 22.5 Å². The number of nitriles is 1. The minimum atomic E-state index is -0.477. The summed E-state index contributed by atoms with van der Waals surface area (Å²) >= 11 is 0. The Balaban J connectivity index is 1.85. The molecule has 156 valence electrons. The van der Waals surface area contributed by atoms with E-state index in [1.807, 2.05) is 58.0 Å². The number of hydrogen-bond acceptors (Lipinski definition) is 3. The lowest BCUT2D eigenvalue weighted by Gasteiger charge is -2.11. The highest BCUT2D eigenvalue weighted by atomic mass is 16.2. The summed E-state index contributed by atoms with van der Waals surface area (Å²) in [6.07, 6.45) is 1.54. The van der Waals surface area contributed by atoms with Crippen molar-refractivity contribution >= 4 is 23.6 Å². The maximum Gasteiger partial charge on any atom is 0.270 e. The second-order valence-corrected chi connectivity index (χ2v) is 7.34. The van der Waals surface area contributed by atoms with Gasteiger partial charge in [-0.3, -0.25) is 19.7 Å². The molecule has 0 radical (unpaired) electrons. The molecule has 0 aliphatic rings. The molecule has 2 N–H and O–H groups in total. The zero-order valence-corrected chi connectivity index (χ0v) is 18.0. The molecular formula is C25H24N4O2. The number of nitrogens with one attached hydrogen (secondary N) is 2. The molecule has 2 aromatic carbocycles. The number of anilines is 1. The number of nitrogens with zero attached hydrogens (tertiary/aromatic N) is 2. The van der Waals surface area contributed by atoms with Crippen LogP contribution in [0.1, 0.15) is 38.4 Å². The number of rotatable bonds is 5. The van der Waals surface area contributed by atoms with Crippen LogP contribution in [-0.2, 0) is 4.79 Å². The molecule has 3 aromatic rings. The quantitative estimate of drug-likeness (QED) is 0.472. The van der Waals surface area contributed by atoms with Crippen LogP contribution in [0.25, 0.3) is 6.08 Å². The Hall–Kier alpha value is -4.11. The molecular weight excluding hydrogens is 388 g/mol. The highest BCUT2D eigenvalue weighted by Gasteiger charge is 2.15. The molecule has 0 atom stereocenters. The van der Waals surface area contributed by atoms with Gasteiger partial charge in [-0.1, -0.05) is 30.3 Å². The third-order valence-electron chi connectivity index (χ3n) is 5.24. The Morgan fingerprint density at radius 3 is 2.39 bits per heavy atom.